The van der Waals surface area contributed by atoms with Crippen LogP contribution in [0.15, 0.2) is 74.9 Å². The lowest BCUT2D eigenvalue weighted by Gasteiger charge is -2.32. The largest absolute Gasteiger partial charge is 0.464 e. The highest BCUT2D eigenvalue weighted by atomic mass is 79.9. The summed E-state index contributed by atoms with van der Waals surface area (Å²) in [5, 5.41) is 1.90. The van der Waals surface area contributed by atoms with Crippen molar-refractivity contribution in [3.63, 3.8) is 0 Å². The highest BCUT2D eigenvalue weighted by Crippen LogP contribution is 2.38. The molecule has 0 aliphatic carbocycles. The van der Waals surface area contributed by atoms with Crippen LogP contribution in [0.5, 0.6) is 0 Å². The van der Waals surface area contributed by atoms with E-state index < -0.39 is 5.97 Å². The third-order valence-electron chi connectivity index (χ3n) is 6.80. The second-order valence-electron chi connectivity index (χ2n) is 9.42. The summed E-state index contributed by atoms with van der Waals surface area (Å²) < 4.78 is 7.91. The Kier molecular flexibility index (Phi) is 8.59. The molecule has 0 atom stereocenters. The Morgan fingerprint density at radius 1 is 0.923 bits per heavy atom. The number of aromatic nitrogens is 1. The number of esters is 1. The molecule has 0 saturated carbocycles. The van der Waals surface area contributed by atoms with E-state index in [0.29, 0.717) is 27.8 Å². The molecule has 2 heterocycles. The van der Waals surface area contributed by atoms with E-state index in [1.54, 1.807) is 17.8 Å². The number of hydrogen-bond donors (Lipinski definition) is 0. The van der Waals surface area contributed by atoms with E-state index >= 15 is 0 Å². The van der Waals surface area contributed by atoms with Gasteiger partial charge in [-0.3, -0.25) is 4.79 Å². The number of fused-ring (bicyclic) bond motifs is 1. The fourth-order valence-corrected chi connectivity index (χ4v) is 6.61. The van der Waals surface area contributed by atoms with E-state index in [2.05, 4.69) is 27.9 Å². The van der Waals surface area contributed by atoms with Crippen molar-refractivity contribution in [2.24, 2.45) is 0 Å². The van der Waals surface area contributed by atoms with E-state index in [1.807, 2.05) is 64.1 Å². The number of rotatable bonds is 6. The minimum atomic E-state index is -0.418. The van der Waals surface area contributed by atoms with Gasteiger partial charge in [0, 0.05) is 57.9 Å². The number of methoxy groups -OCH3 is 1. The smallest absolute Gasteiger partial charge is 0.354 e. The molecule has 0 radical (unpaired) electrons. The third kappa shape index (κ3) is 6.15. The maximum Gasteiger partial charge on any atom is 0.354 e. The predicted molar refractivity (Wildman–Crippen MR) is 161 cm³/mol. The molecular formula is C29H26BrCl2N3O3S. The van der Waals surface area contributed by atoms with Crippen LogP contribution in [-0.2, 0) is 11.3 Å². The summed E-state index contributed by atoms with van der Waals surface area (Å²) in [7, 11) is 3.45. The van der Waals surface area contributed by atoms with Crippen molar-refractivity contribution in [3.8, 4) is 0 Å². The topological polar surface area (TPSA) is 54.8 Å². The van der Waals surface area contributed by atoms with E-state index in [9.17, 15) is 9.59 Å². The maximum absolute atomic E-state index is 13.0. The monoisotopic (exact) mass is 645 g/mol. The number of ether oxygens (including phenoxy) is 1. The van der Waals surface area contributed by atoms with Crippen molar-refractivity contribution in [1.29, 1.82) is 0 Å². The van der Waals surface area contributed by atoms with Crippen molar-refractivity contribution in [2.75, 3.05) is 40.3 Å². The second kappa shape index (κ2) is 11.9. The first-order chi connectivity index (χ1) is 18.7. The molecular weight excluding hydrogens is 621 g/mol. The van der Waals surface area contributed by atoms with Crippen LogP contribution in [0.3, 0.4) is 0 Å². The molecule has 5 rings (SSSR count). The minimum absolute atomic E-state index is 0.0456. The number of halogens is 3. The maximum atomic E-state index is 13.0. The summed E-state index contributed by atoms with van der Waals surface area (Å²) in [6, 6.07) is 19.0. The molecule has 1 amide bonds. The van der Waals surface area contributed by atoms with Gasteiger partial charge in [-0.1, -0.05) is 63.0 Å². The number of piperazine rings is 1. The van der Waals surface area contributed by atoms with Crippen LogP contribution in [-0.4, -0.2) is 66.6 Å². The van der Waals surface area contributed by atoms with Gasteiger partial charge < -0.3 is 19.1 Å². The Bertz CT molecular complexity index is 1550. The van der Waals surface area contributed by atoms with Gasteiger partial charge in [0.15, 0.2) is 0 Å². The quantitative estimate of drug-likeness (QED) is 0.210. The van der Waals surface area contributed by atoms with Crippen LogP contribution >= 0.6 is 50.9 Å². The second-order valence-corrected chi connectivity index (χ2v) is 12.2. The first-order valence-corrected chi connectivity index (χ1v) is 14.7. The number of amides is 1. The number of nitrogens with zero attached hydrogens (tertiary/aromatic N) is 3. The van der Waals surface area contributed by atoms with Crippen LogP contribution in [0.4, 0.5) is 0 Å². The van der Waals surface area contributed by atoms with Crippen LogP contribution in [0, 0.1) is 0 Å². The number of benzene rings is 3. The number of carbonyl (C=O) groups is 2. The van der Waals surface area contributed by atoms with Gasteiger partial charge in [0.2, 0.25) is 0 Å². The van der Waals surface area contributed by atoms with Crippen LogP contribution in [0.25, 0.3) is 10.9 Å². The van der Waals surface area contributed by atoms with Crippen molar-refractivity contribution in [2.45, 2.75) is 16.3 Å². The molecule has 6 nitrogen and oxygen atoms in total. The summed E-state index contributed by atoms with van der Waals surface area (Å²) in [5.41, 5.74) is 2.95. The molecule has 10 heteroatoms. The van der Waals surface area contributed by atoms with Gasteiger partial charge in [-0.25, -0.2) is 4.79 Å². The third-order valence-corrected chi connectivity index (χ3v) is 9.15. The van der Waals surface area contributed by atoms with Crippen molar-refractivity contribution in [1.82, 2.24) is 14.4 Å². The lowest BCUT2D eigenvalue weighted by Crippen LogP contribution is -2.47. The van der Waals surface area contributed by atoms with Gasteiger partial charge in [-0.15, -0.1) is 0 Å². The number of hydrogen-bond acceptors (Lipinski definition) is 5. The first kappa shape index (κ1) is 28.1. The first-order valence-electron chi connectivity index (χ1n) is 12.3. The Labute approximate surface area is 249 Å². The molecule has 1 aliphatic rings. The van der Waals surface area contributed by atoms with E-state index in [1.165, 1.54) is 7.11 Å². The van der Waals surface area contributed by atoms with Crippen molar-refractivity contribution in [3.05, 3.63) is 92.0 Å². The van der Waals surface area contributed by atoms with Crippen LogP contribution < -0.4 is 0 Å². The number of carbonyl (C=O) groups excluding carboxylic acids is 2. The van der Waals surface area contributed by atoms with E-state index in [4.69, 9.17) is 27.9 Å². The molecule has 1 fully saturated rings. The molecule has 0 unspecified atom stereocenters. The zero-order valence-corrected chi connectivity index (χ0v) is 25.3. The van der Waals surface area contributed by atoms with Gasteiger partial charge in [-0.05, 0) is 61.1 Å². The molecule has 4 aromatic rings. The van der Waals surface area contributed by atoms with Gasteiger partial charge in [0.05, 0.1) is 22.7 Å². The van der Waals surface area contributed by atoms with Crippen molar-refractivity contribution < 1.29 is 14.3 Å². The predicted octanol–water partition coefficient (Wildman–Crippen LogP) is 7.08. The number of likely N-dealkylation sites (N-methyl/N-ethyl adjacent to an activating group) is 1. The standard InChI is InChI=1S/C29H26BrCl2N3O3S/c1-33-9-11-34(12-10-33)28(36)19-5-3-18(4-6-19)17-35-26-15-21(39-20-7-8-24(31)25(32)14-20)13-23(30)22(26)16-27(35)29(37)38-2/h3-8,13-16H,9-12,17H2,1-2H3. The average Bonchev–Trinajstić information content (AvgIpc) is 3.29. The summed E-state index contributed by atoms with van der Waals surface area (Å²) in [5.74, 6) is -0.372. The average molecular weight is 647 g/mol. The Morgan fingerprint density at radius 3 is 2.31 bits per heavy atom. The SMILES string of the molecule is COC(=O)c1cc2c(Br)cc(Sc3ccc(Cl)c(Cl)c3)cc2n1Cc1ccc(C(=O)N2CCN(C)CC2)cc1. The summed E-state index contributed by atoms with van der Waals surface area (Å²) in [6.45, 7) is 3.65. The van der Waals surface area contributed by atoms with E-state index in [0.717, 1.165) is 56.9 Å². The van der Waals surface area contributed by atoms with Crippen LogP contribution in [0.1, 0.15) is 26.4 Å². The molecule has 202 valence electrons. The summed E-state index contributed by atoms with van der Waals surface area (Å²) in [6.07, 6.45) is 0. The fourth-order valence-electron chi connectivity index (χ4n) is 4.60. The highest BCUT2D eigenvalue weighted by molar-refractivity contribution is 9.10. The van der Waals surface area contributed by atoms with Crippen LogP contribution in [0.2, 0.25) is 10.0 Å². The van der Waals surface area contributed by atoms with Gasteiger partial charge in [0.1, 0.15) is 5.69 Å². The highest BCUT2D eigenvalue weighted by Gasteiger charge is 2.22. The molecule has 39 heavy (non-hydrogen) atoms. The molecule has 0 N–H and O–H groups in total. The van der Waals surface area contributed by atoms with Crippen molar-refractivity contribution >= 4 is 73.7 Å². The molecule has 0 spiro atoms. The lowest BCUT2D eigenvalue weighted by molar-refractivity contribution is 0.0589. The van der Waals surface area contributed by atoms with Gasteiger partial charge >= 0.3 is 5.97 Å². The zero-order valence-electron chi connectivity index (χ0n) is 21.4. The molecule has 1 aliphatic heterocycles. The minimum Gasteiger partial charge on any atom is -0.464 e. The Morgan fingerprint density at radius 2 is 1.64 bits per heavy atom. The molecule has 0 bridgehead atoms. The van der Waals surface area contributed by atoms with E-state index in [-0.39, 0.29) is 5.91 Å². The normalized spacial score (nSPS) is 14.1. The molecule has 1 saturated heterocycles. The molecule has 1 aromatic heterocycles. The van der Waals surface area contributed by atoms with Gasteiger partial charge in [-0.2, -0.15) is 0 Å². The van der Waals surface area contributed by atoms with Gasteiger partial charge in [0.25, 0.3) is 5.91 Å². The Hall–Kier alpha value is -2.49. The summed E-state index contributed by atoms with van der Waals surface area (Å²) in [4.78, 5) is 31.8. The fraction of sp³-hybridized carbons (Fsp3) is 0.241. The molecule has 3 aromatic carbocycles. The Balaban J connectivity index is 1.45. The summed E-state index contributed by atoms with van der Waals surface area (Å²) >= 11 is 17.5. The lowest BCUT2D eigenvalue weighted by atomic mass is 10.1. The zero-order chi connectivity index (χ0) is 27.7.